The Balaban J connectivity index is 1.98. The second kappa shape index (κ2) is 5.27. The number of hydrogen-bond donors (Lipinski definition) is 2. The van der Waals surface area contributed by atoms with Crippen molar-refractivity contribution in [2.24, 2.45) is 0 Å². The number of carbonyl (C=O) groups is 1. The van der Waals surface area contributed by atoms with E-state index in [9.17, 15) is 9.59 Å². The summed E-state index contributed by atoms with van der Waals surface area (Å²) in [6.07, 6.45) is 0. The van der Waals surface area contributed by atoms with Gasteiger partial charge in [0.15, 0.2) is 0 Å². The summed E-state index contributed by atoms with van der Waals surface area (Å²) in [6.45, 7) is 2.44. The molecule has 2 aromatic rings. The summed E-state index contributed by atoms with van der Waals surface area (Å²) in [7, 11) is 0. The first-order valence-corrected chi connectivity index (χ1v) is 5.54. The van der Waals surface area contributed by atoms with Gasteiger partial charge >= 0.3 is 0 Å². The van der Waals surface area contributed by atoms with Crippen LogP contribution in [0.15, 0.2) is 41.2 Å². The molecule has 1 aromatic carbocycles. The molecule has 0 unspecified atom stereocenters. The van der Waals surface area contributed by atoms with Crippen molar-refractivity contribution >= 4 is 5.91 Å². The number of nitrogens with zero attached hydrogens (tertiary/aromatic N) is 1. The largest absolute Gasteiger partial charge is 0.347 e. The minimum Gasteiger partial charge on any atom is -0.347 e. The number of carbonyl (C=O) groups excluding carboxylic acids is 1. The fraction of sp³-hybridized carbons (Fsp3) is 0.154. The van der Waals surface area contributed by atoms with E-state index in [-0.39, 0.29) is 17.2 Å². The molecule has 0 fully saturated rings. The van der Waals surface area contributed by atoms with Crippen LogP contribution in [0.5, 0.6) is 0 Å². The molecule has 1 heterocycles. The highest BCUT2D eigenvalue weighted by molar-refractivity contribution is 5.91. The average molecular weight is 243 g/mol. The zero-order valence-corrected chi connectivity index (χ0v) is 9.93. The van der Waals surface area contributed by atoms with E-state index in [1.54, 1.807) is 0 Å². The van der Waals surface area contributed by atoms with Crippen LogP contribution in [-0.4, -0.2) is 16.1 Å². The Morgan fingerprint density at radius 3 is 2.56 bits per heavy atom. The molecule has 0 radical (unpaired) electrons. The van der Waals surface area contributed by atoms with Gasteiger partial charge in [-0.1, -0.05) is 29.8 Å². The Labute approximate surface area is 104 Å². The first-order valence-electron chi connectivity index (χ1n) is 5.54. The Bertz CT molecular complexity index is 582. The third kappa shape index (κ3) is 3.04. The number of H-pyrrole nitrogens is 1. The summed E-state index contributed by atoms with van der Waals surface area (Å²) in [6, 6.07) is 10.5. The van der Waals surface area contributed by atoms with Gasteiger partial charge in [0.2, 0.25) is 0 Å². The maximum atomic E-state index is 11.7. The quantitative estimate of drug-likeness (QED) is 0.844. The second-order valence-corrected chi connectivity index (χ2v) is 3.97. The Kier molecular flexibility index (Phi) is 3.52. The van der Waals surface area contributed by atoms with Gasteiger partial charge in [0.05, 0.1) is 0 Å². The molecule has 0 aliphatic rings. The molecular formula is C13H13N3O2. The van der Waals surface area contributed by atoms with Crippen LogP contribution in [0, 0.1) is 6.92 Å². The third-order valence-corrected chi connectivity index (χ3v) is 2.49. The number of benzene rings is 1. The van der Waals surface area contributed by atoms with Gasteiger partial charge in [-0.25, -0.2) is 5.10 Å². The van der Waals surface area contributed by atoms with Crippen LogP contribution in [0.3, 0.4) is 0 Å². The van der Waals surface area contributed by atoms with E-state index in [0.29, 0.717) is 6.54 Å². The van der Waals surface area contributed by atoms with Crippen LogP contribution >= 0.6 is 0 Å². The summed E-state index contributed by atoms with van der Waals surface area (Å²) in [5.74, 6) is -0.313. The van der Waals surface area contributed by atoms with E-state index in [4.69, 9.17) is 0 Å². The Morgan fingerprint density at radius 2 is 1.94 bits per heavy atom. The van der Waals surface area contributed by atoms with E-state index in [1.807, 2.05) is 31.2 Å². The lowest BCUT2D eigenvalue weighted by Crippen LogP contribution is -2.25. The predicted octanol–water partition coefficient (Wildman–Crippen LogP) is 1.01. The molecule has 1 aromatic heterocycles. The highest BCUT2D eigenvalue weighted by Crippen LogP contribution is 2.02. The summed E-state index contributed by atoms with van der Waals surface area (Å²) in [5.41, 5.74) is 2.05. The van der Waals surface area contributed by atoms with Crippen molar-refractivity contribution in [3.8, 4) is 0 Å². The van der Waals surface area contributed by atoms with Gasteiger partial charge in [-0.3, -0.25) is 9.59 Å². The highest BCUT2D eigenvalue weighted by Gasteiger charge is 2.06. The molecule has 1 amide bonds. The molecule has 0 atom stereocenters. The first kappa shape index (κ1) is 12.0. The molecule has 2 N–H and O–H groups in total. The standard InChI is InChI=1S/C13H13N3O2/c1-9-2-4-10(5-3-9)8-14-13(18)11-6-7-12(17)16-15-11/h2-7H,8H2,1H3,(H,14,18)(H,16,17). The van der Waals surface area contributed by atoms with Crippen LogP contribution in [-0.2, 0) is 6.54 Å². The van der Waals surface area contributed by atoms with E-state index in [1.165, 1.54) is 17.7 Å². The number of nitrogens with one attached hydrogen (secondary N) is 2. The van der Waals surface area contributed by atoms with Gasteiger partial charge in [0, 0.05) is 12.6 Å². The van der Waals surface area contributed by atoms with E-state index < -0.39 is 0 Å². The molecule has 0 aliphatic heterocycles. The fourth-order valence-electron chi connectivity index (χ4n) is 1.45. The first-order chi connectivity index (χ1) is 8.65. The molecule has 0 saturated heterocycles. The molecule has 0 saturated carbocycles. The van der Waals surface area contributed by atoms with Crippen LogP contribution in [0.25, 0.3) is 0 Å². The smallest absolute Gasteiger partial charge is 0.271 e. The maximum absolute atomic E-state index is 11.7. The molecular weight excluding hydrogens is 230 g/mol. The molecule has 5 heteroatoms. The van der Waals surface area contributed by atoms with Crippen molar-refractivity contribution in [2.75, 3.05) is 0 Å². The average Bonchev–Trinajstić information content (AvgIpc) is 2.38. The monoisotopic (exact) mass is 243 g/mol. The minimum absolute atomic E-state index is 0.196. The van der Waals surface area contributed by atoms with E-state index >= 15 is 0 Å². The highest BCUT2D eigenvalue weighted by atomic mass is 16.2. The zero-order valence-electron chi connectivity index (χ0n) is 9.93. The van der Waals surface area contributed by atoms with E-state index in [2.05, 4.69) is 15.5 Å². The van der Waals surface area contributed by atoms with Crippen LogP contribution < -0.4 is 10.9 Å². The number of amides is 1. The number of hydrogen-bond acceptors (Lipinski definition) is 3. The van der Waals surface area contributed by atoms with Gasteiger partial charge in [-0.15, -0.1) is 0 Å². The Hall–Kier alpha value is -2.43. The van der Waals surface area contributed by atoms with Crippen LogP contribution in [0.1, 0.15) is 21.6 Å². The number of rotatable bonds is 3. The van der Waals surface area contributed by atoms with Crippen molar-refractivity contribution in [1.29, 1.82) is 0 Å². The summed E-state index contributed by atoms with van der Waals surface area (Å²) in [5, 5.41) is 8.61. The molecule has 5 nitrogen and oxygen atoms in total. The zero-order chi connectivity index (χ0) is 13.0. The SMILES string of the molecule is Cc1ccc(CNC(=O)c2ccc(=O)[nH]n2)cc1. The summed E-state index contributed by atoms with van der Waals surface area (Å²) < 4.78 is 0. The van der Waals surface area contributed by atoms with Crippen molar-refractivity contribution in [3.05, 3.63) is 63.6 Å². The summed E-state index contributed by atoms with van der Waals surface area (Å²) in [4.78, 5) is 22.5. The number of aromatic nitrogens is 2. The molecule has 92 valence electrons. The van der Waals surface area contributed by atoms with Gasteiger partial charge in [-0.2, -0.15) is 5.10 Å². The third-order valence-electron chi connectivity index (χ3n) is 2.49. The maximum Gasteiger partial charge on any atom is 0.271 e. The summed E-state index contributed by atoms with van der Waals surface area (Å²) >= 11 is 0. The normalized spacial score (nSPS) is 10.1. The molecule has 18 heavy (non-hydrogen) atoms. The molecule has 0 spiro atoms. The van der Waals surface area contributed by atoms with Gasteiger partial charge < -0.3 is 5.32 Å². The lowest BCUT2D eigenvalue weighted by atomic mass is 10.1. The minimum atomic E-state index is -0.329. The fourth-order valence-corrected chi connectivity index (χ4v) is 1.45. The van der Waals surface area contributed by atoms with Crippen molar-refractivity contribution in [3.63, 3.8) is 0 Å². The van der Waals surface area contributed by atoms with Gasteiger partial charge in [-0.05, 0) is 18.6 Å². The Morgan fingerprint density at radius 1 is 1.22 bits per heavy atom. The lowest BCUT2D eigenvalue weighted by molar-refractivity contribution is 0.0945. The number of aryl methyl sites for hydroxylation is 1. The van der Waals surface area contributed by atoms with Crippen LogP contribution in [0.4, 0.5) is 0 Å². The van der Waals surface area contributed by atoms with Crippen molar-refractivity contribution < 1.29 is 4.79 Å². The molecule has 0 aliphatic carbocycles. The van der Waals surface area contributed by atoms with Crippen LogP contribution in [0.2, 0.25) is 0 Å². The van der Waals surface area contributed by atoms with Crippen molar-refractivity contribution in [1.82, 2.24) is 15.5 Å². The number of aromatic amines is 1. The molecule has 2 rings (SSSR count). The van der Waals surface area contributed by atoms with Crippen molar-refractivity contribution in [2.45, 2.75) is 13.5 Å². The topological polar surface area (TPSA) is 74.8 Å². The van der Waals surface area contributed by atoms with Gasteiger partial charge in [0.25, 0.3) is 11.5 Å². The van der Waals surface area contributed by atoms with Gasteiger partial charge in [0.1, 0.15) is 5.69 Å². The second-order valence-electron chi connectivity index (χ2n) is 3.97. The molecule has 0 bridgehead atoms. The lowest BCUT2D eigenvalue weighted by Gasteiger charge is -2.04. The predicted molar refractivity (Wildman–Crippen MR) is 67.2 cm³/mol. The van der Waals surface area contributed by atoms with E-state index in [0.717, 1.165) is 5.56 Å².